The largest absolute Gasteiger partial charge is 0.496 e. The molecule has 1 rings (SSSR count). The molecule has 1 atom stereocenters. The monoisotopic (exact) mass is 280 g/mol. The van der Waals surface area contributed by atoms with Gasteiger partial charge in [-0.1, -0.05) is 20.8 Å². The Hall–Kier alpha value is -1.62. The van der Waals surface area contributed by atoms with Gasteiger partial charge in [-0.25, -0.2) is 0 Å². The number of aryl methyl sites for hydroxylation is 1. The first-order chi connectivity index (χ1) is 9.47. The Morgan fingerprint density at radius 2 is 2.05 bits per heavy atom. The van der Waals surface area contributed by atoms with E-state index in [1.54, 1.807) is 6.07 Å². The molecule has 112 valence electrons. The zero-order chi connectivity index (χ0) is 15.1. The third-order valence-electron chi connectivity index (χ3n) is 3.41. The lowest BCUT2D eigenvalue weighted by atomic mass is 9.96. The number of benzene rings is 1. The smallest absolute Gasteiger partial charge is 0.273 e. The molecule has 0 aliphatic heterocycles. The van der Waals surface area contributed by atoms with Crippen LogP contribution >= 0.6 is 0 Å². The van der Waals surface area contributed by atoms with Crippen LogP contribution in [0.2, 0.25) is 0 Å². The zero-order valence-electron chi connectivity index (χ0n) is 12.7. The number of hydrogen-bond donors (Lipinski definition) is 1. The van der Waals surface area contributed by atoms with Crippen LogP contribution in [-0.4, -0.2) is 24.6 Å². The standard InChI is InChI=1S/C15H24N2O3/c1-5-16-15(11(2)3)7-6-12-8-13(17(18)19)10-14(9-12)20-4/h8-11,15-16H,5-7H2,1-4H3. The van der Waals surface area contributed by atoms with E-state index in [1.165, 1.54) is 13.2 Å². The Morgan fingerprint density at radius 3 is 2.55 bits per heavy atom. The topological polar surface area (TPSA) is 64.4 Å². The first-order valence-corrected chi connectivity index (χ1v) is 7.03. The van der Waals surface area contributed by atoms with Gasteiger partial charge in [-0.3, -0.25) is 10.1 Å². The quantitative estimate of drug-likeness (QED) is 0.587. The summed E-state index contributed by atoms with van der Waals surface area (Å²) >= 11 is 0. The van der Waals surface area contributed by atoms with Crippen molar-refractivity contribution < 1.29 is 9.66 Å². The fourth-order valence-corrected chi connectivity index (χ4v) is 2.27. The molecule has 0 spiro atoms. The van der Waals surface area contributed by atoms with E-state index in [4.69, 9.17) is 4.74 Å². The molecule has 0 aromatic heterocycles. The van der Waals surface area contributed by atoms with E-state index in [1.807, 2.05) is 6.07 Å². The second-order valence-corrected chi connectivity index (χ2v) is 5.24. The molecule has 0 heterocycles. The van der Waals surface area contributed by atoms with Gasteiger partial charge in [-0.05, 0) is 36.9 Å². The molecule has 20 heavy (non-hydrogen) atoms. The van der Waals surface area contributed by atoms with Crippen LogP contribution in [0.1, 0.15) is 32.8 Å². The predicted octanol–water partition coefficient (Wildman–Crippen LogP) is 3.17. The molecule has 1 aromatic carbocycles. The Morgan fingerprint density at radius 1 is 1.35 bits per heavy atom. The van der Waals surface area contributed by atoms with E-state index in [-0.39, 0.29) is 10.6 Å². The summed E-state index contributed by atoms with van der Waals surface area (Å²) in [5.74, 6) is 1.08. The predicted molar refractivity (Wildman–Crippen MR) is 80.3 cm³/mol. The zero-order valence-corrected chi connectivity index (χ0v) is 12.7. The third kappa shape index (κ3) is 4.81. The fourth-order valence-electron chi connectivity index (χ4n) is 2.27. The number of rotatable bonds is 8. The van der Waals surface area contributed by atoms with Gasteiger partial charge in [0, 0.05) is 12.1 Å². The van der Waals surface area contributed by atoms with Gasteiger partial charge >= 0.3 is 0 Å². The SMILES string of the molecule is CCNC(CCc1cc(OC)cc([N+](=O)[O-])c1)C(C)C. The summed E-state index contributed by atoms with van der Waals surface area (Å²) in [6, 6.07) is 5.38. The summed E-state index contributed by atoms with van der Waals surface area (Å²) in [7, 11) is 1.53. The van der Waals surface area contributed by atoms with Crippen LogP contribution in [0.3, 0.4) is 0 Å². The number of hydrogen-bond acceptors (Lipinski definition) is 4. The molecular weight excluding hydrogens is 256 g/mol. The molecule has 0 radical (unpaired) electrons. The number of non-ortho nitro benzene ring substituents is 1. The Balaban J connectivity index is 2.80. The molecule has 5 heteroatoms. The van der Waals surface area contributed by atoms with Crippen molar-refractivity contribution >= 4 is 5.69 Å². The highest BCUT2D eigenvalue weighted by molar-refractivity contribution is 5.42. The molecule has 5 nitrogen and oxygen atoms in total. The molecule has 0 amide bonds. The first-order valence-electron chi connectivity index (χ1n) is 7.03. The van der Waals surface area contributed by atoms with E-state index in [9.17, 15) is 10.1 Å². The lowest BCUT2D eigenvalue weighted by Crippen LogP contribution is -2.34. The van der Waals surface area contributed by atoms with Crippen LogP contribution in [0.4, 0.5) is 5.69 Å². The maximum absolute atomic E-state index is 10.9. The van der Waals surface area contributed by atoms with E-state index in [0.717, 1.165) is 24.9 Å². The number of nitro groups is 1. The molecule has 1 aromatic rings. The lowest BCUT2D eigenvalue weighted by Gasteiger charge is -2.21. The third-order valence-corrected chi connectivity index (χ3v) is 3.41. The van der Waals surface area contributed by atoms with Crippen LogP contribution in [-0.2, 0) is 6.42 Å². The maximum Gasteiger partial charge on any atom is 0.273 e. The maximum atomic E-state index is 10.9. The van der Waals surface area contributed by atoms with Gasteiger partial charge in [0.25, 0.3) is 5.69 Å². The second-order valence-electron chi connectivity index (χ2n) is 5.24. The van der Waals surface area contributed by atoms with E-state index < -0.39 is 0 Å². The van der Waals surface area contributed by atoms with Gasteiger partial charge < -0.3 is 10.1 Å². The second kappa shape index (κ2) is 7.85. The molecule has 0 aliphatic carbocycles. The Labute approximate surface area is 120 Å². The average Bonchev–Trinajstić information content (AvgIpc) is 2.42. The van der Waals surface area contributed by atoms with Crippen molar-refractivity contribution in [2.75, 3.05) is 13.7 Å². The number of ether oxygens (including phenoxy) is 1. The van der Waals surface area contributed by atoms with Gasteiger partial charge in [0.2, 0.25) is 0 Å². The van der Waals surface area contributed by atoms with Crippen molar-refractivity contribution in [1.29, 1.82) is 0 Å². The number of nitro benzene ring substituents is 1. The highest BCUT2D eigenvalue weighted by atomic mass is 16.6. The number of nitrogens with zero attached hydrogens (tertiary/aromatic N) is 1. The summed E-state index contributed by atoms with van der Waals surface area (Å²) in [5.41, 5.74) is 1.03. The summed E-state index contributed by atoms with van der Waals surface area (Å²) in [5, 5.41) is 14.4. The van der Waals surface area contributed by atoms with Gasteiger partial charge in [-0.15, -0.1) is 0 Å². The molecule has 0 saturated heterocycles. The highest BCUT2D eigenvalue weighted by Crippen LogP contribution is 2.24. The lowest BCUT2D eigenvalue weighted by molar-refractivity contribution is -0.385. The number of methoxy groups -OCH3 is 1. The Kier molecular flexibility index (Phi) is 6.45. The summed E-state index contributed by atoms with van der Waals surface area (Å²) in [6.07, 6.45) is 1.75. The first kappa shape index (κ1) is 16.4. The van der Waals surface area contributed by atoms with Crippen LogP contribution in [0, 0.1) is 16.0 Å². The van der Waals surface area contributed by atoms with Crippen molar-refractivity contribution in [2.24, 2.45) is 5.92 Å². The minimum atomic E-state index is -0.379. The highest BCUT2D eigenvalue weighted by Gasteiger charge is 2.14. The molecule has 0 saturated carbocycles. The minimum absolute atomic E-state index is 0.0869. The summed E-state index contributed by atoms with van der Waals surface area (Å²) < 4.78 is 5.13. The van der Waals surface area contributed by atoms with E-state index in [2.05, 4.69) is 26.1 Å². The summed E-state index contributed by atoms with van der Waals surface area (Å²) in [6.45, 7) is 7.38. The van der Waals surface area contributed by atoms with Crippen molar-refractivity contribution in [1.82, 2.24) is 5.32 Å². The fraction of sp³-hybridized carbons (Fsp3) is 0.600. The van der Waals surface area contributed by atoms with Gasteiger partial charge in [0.15, 0.2) is 0 Å². The van der Waals surface area contributed by atoms with Crippen LogP contribution in [0.15, 0.2) is 18.2 Å². The summed E-state index contributed by atoms with van der Waals surface area (Å²) in [4.78, 5) is 10.5. The van der Waals surface area contributed by atoms with Gasteiger partial charge in [0.05, 0.1) is 18.1 Å². The number of nitrogens with one attached hydrogen (secondary N) is 1. The van der Waals surface area contributed by atoms with Crippen molar-refractivity contribution in [2.45, 2.75) is 39.7 Å². The Bertz CT molecular complexity index is 447. The van der Waals surface area contributed by atoms with Crippen LogP contribution in [0.5, 0.6) is 5.75 Å². The van der Waals surface area contributed by atoms with Crippen LogP contribution in [0.25, 0.3) is 0 Å². The molecule has 1 N–H and O–H groups in total. The van der Waals surface area contributed by atoms with Crippen molar-refractivity contribution in [3.05, 3.63) is 33.9 Å². The van der Waals surface area contributed by atoms with Crippen molar-refractivity contribution in [3.63, 3.8) is 0 Å². The normalized spacial score (nSPS) is 12.4. The molecule has 1 unspecified atom stereocenters. The van der Waals surface area contributed by atoms with E-state index >= 15 is 0 Å². The van der Waals surface area contributed by atoms with Crippen LogP contribution < -0.4 is 10.1 Å². The molecule has 0 fully saturated rings. The van der Waals surface area contributed by atoms with Gasteiger partial charge in [-0.2, -0.15) is 0 Å². The minimum Gasteiger partial charge on any atom is -0.496 e. The average molecular weight is 280 g/mol. The molecule has 0 aliphatic rings. The van der Waals surface area contributed by atoms with Gasteiger partial charge in [0.1, 0.15) is 5.75 Å². The molecule has 0 bridgehead atoms. The molecular formula is C15H24N2O3. The van der Waals surface area contributed by atoms with Crippen molar-refractivity contribution in [3.8, 4) is 5.75 Å². The van der Waals surface area contributed by atoms with E-state index in [0.29, 0.717) is 17.7 Å².